The maximum atomic E-state index is 10.5. The van der Waals surface area contributed by atoms with E-state index in [1.54, 1.807) is 12.1 Å². The van der Waals surface area contributed by atoms with Crippen LogP contribution in [0, 0.1) is 12.8 Å². The van der Waals surface area contributed by atoms with E-state index in [-0.39, 0.29) is 16.8 Å². The smallest absolute Gasteiger partial charge is 0.313 e. The maximum absolute atomic E-state index is 10.5. The van der Waals surface area contributed by atoms with Gasteiger partial charge in [0.05, 0.1) is 17.1 Å². The Morgan fingerprint density at radius 2 is 1.89 bits per heavy atom. The summed E-state index contributed by atoms with van der Waals surface area (Å²) >= 11 is 0. The van der Waals surface area contributed by atoms with Gasteiger partial charge in [0.25, 0.3) is 10.1 Å². The van der Waals surface area contributed by atoms with E-state index in [4.69, 9.17) is 4.55 Å². The fraction of sp³-hybridized carbons (Fsp3) is 0.308. The van der Waals surface area contributed by atoms with Crippen LogP contribution in [0.5, 0.6) is 0 Å². The molecule has 1 aliphatic carbocycles. The lowest BCUT2D eigenvalue weighted by Crippen LogP contribution is -2.00. The molecule has 1 fully saturated rings. The first-order valence-corrected chi connectivity index (χ1v) is 7.14. The van der Waals surface area contributed by atoms with Crippen LogP contribution in [0.1, 0.15) is 18.4 Å². The maximum Gasteiger partial charge on any atom is 0.313 e. The Morgan fingerprint density at radius 3 is 2.26 bits per heavy atom. The summed E-state index contributed by atoms with van der Waals surface area (Å²) in [5, 5.41) is 0. The van der Waals surface area contributed by atoms with Crippen molar-refractivity contribution in [1.82, 2.24) is 0 Å². The second-order valence-corrected chi connectivity index (χ2v) is 5.59. The van der Waals surface area contributed by atoms with E-state index in [0.717, 1.165) is 18.4 Å². The molecule has 19 heavy (non-hydrogen) atoms. The highest BCUT2D eigenvalue weighted by Gasteiger charge is 2.30. The summed E-state index contributed by atoms with van der Waals surface area (Å²) in [6.07, 6.45) is 3.17. The van der Waals surface area contributed by atoms with Gasteiger partial charge in [-0.3, -0.25) is 9.35 Å². The normalized spacial score (nSPS) is 14.0. The number of ether oxygens (including phenoxy) is 1. The van der Waals surface area contributed by atoms with Crippen LogP contribution >= 0.6 is 0 Å². The quantitative estimate of drug-likeness (QED) is 0.523. The van der Waals surface area contributed by atoms with Crippen molar-refractivity contribution in [3.63, 3.8) is 0 Å². The van der Waals surface area contributed by atoms with Crippen molar-refractivity contribution in [2.45, 2.75) is 24.7 Å². The van der Waals surface area contributed by atoms with Crippen molar-refractivity contribution >= 4 is 16.1 Å². The van der Waals surface area contributed by atoms with Crippen LogP contribution in [-0.4, -0.2) is 18.9 Å². The Balaban J connectivity index is 0.000000200. The van der Waals surface area contributed by atoms with Crippen LogP contribution in [0.4, 0.5) is 0 Å². The van der Waals surface area contributed by atoms with Crippen molar-refractivity contribution in [2.75, 3.05) is 0 Å². The minimum absolute atomic E-state index is 0.0666. The van der Waals surface area contributed by atoms with E-state index in [0.29, 0.717) is 0 Å². The topological polar surface area (TPSA) is 80.7 Å². The van der Waals surface area contributed by atoms with Crippen LogP contribution in [-0.2, 0) is 19.6 Å². The van der Waals surface area contributed by atoms with Crippen LogP contribution in [0.2, 0.25) is 0 Å². The van der Waals surface area contributed by atoms with E-state index in [1.165, 1.54) is 18.4 Å². The Labute approximate surface area is 112 Å². The molecule has 0 heterocycles. The standard InChI is InChI=1S/C7H8O3S.C6H8O2/c1-6-2-4-7(5-3-6)11(8,9)10;1-2-8-6(7)5-3-4-5/h2-5H,1H3,(H,8,9,10);2,5H,1,3-4H2. The number of hydrogen-bond acceptors (Lipinski definition) is 4. The number of aryl methyl sites for hydroxylation is 1. The van der Waals surface area contributed by atoms with Crippen LogP contribution < -0.4 is 0 Å². The van der Waals surface area contributed by atoms with Gasteiger partial charge in [0.15, 0.2) is 0 Å². The van der Waals surface area contributed by atoms with Gasteiger partial charge in [-0.2, -0.15) is 8.42 Å². The third-order valence-electron chi connectivity index (χ3n) is 2.43. The van der Waals surface area contributed by atoms with Gasteiger partial charge in [-0.25, -0.2) is 0 Å². The highest BCUT2D eigenvalue weighted by atomic mass is 32.2. The summed E-state index contributed by atoms with van der Waals surface area (Å²) in [6, 6.07) is 5.99. The van der Waals surface area contributed by atoms with Crippen molar-refractivity contribution in [3.8, 4) is 0 Å². The number of esters is 1. The Morgan fingerprint density at radius 1 is 1.37 bits per heavy atom. The summed E-state index contributed by atoms with van der Waals surface area (Å²) in [6.45, 7) is 5.11. The zero-order valence-corrected chi connectivity index (χ0v) is 11.4. The Hall–Kier alpha value is -1.66. The molecule has 1 aromatic rings. The van der Waals surface area contributed by atoms with E-state index in [1.807, 2.05) is 6.92 Å². The average molecular weight is 284 g/mol. The highest BCUT2D eigenvalue weighted by molar-refractivity contribution is 7.85. The molecular formula is C13H16O5S. The van der Waals surface area contributed by atoms with E-state index in [2.05, 4.69) is 11.3 Å². The van der Waals surface area contributed by atoms with E-state index in [9.17, 15) is 13.2 Å². The van der Waals surface area contributed by atoms with Crippen molar-refractivity contribution in [1.29, 1.82) is 0 Å². The van der Waals surface area contributed by atoms with Gasteiger partial charge in [-0.15, -0.1) is 0 Å². The van der Waals surface area contributed by atoms with Crippen LogP contribution in [0.3, 0.4) is 0 Å². The molecule has 0 atom stereocenters. The number of carbonyl (C=O) groups is 1. The first-order valence-electron chi connectivity index (χ1n) is 5.70. The monoisotopic (exact) mass is 284 g/mol. The van der Waals surface area contributed by atoms with Gasteiger partial charge in [0.1, 0.15) is 0 Å². The number of hydrogen-bond donors (Lipinski definition) is 1. The number of rotatable bonds is 3. The molecule has 0 saturated heterocycles. The number of benzene rings is 1. The van der Waals surface area contributed by atoms with Gasteiger partial charge in [-0.1, -0.05) is 24.3 Å². The molecule has 0 amide bonds. The minimum Gasteiger partial charge on any atom is -0.435 e. The summed E-state index contributed by atoms with van der Waals surface area (Å²) in [4.78, 5) is 10.4. The van der Waals surface area contributed by atoms with E-state index >= 15 is 0 Å². The molecule has 1 aliphatic rings. The van der Waals surface area contributed by atoms with Crippen LogP contribution in [0.25, 0.3) is 0 Å². The molecule has 6 heteroatoms. The van der Waals surface area contributed by atoms with Gasteiger partial charge < -0.3 is 4.74 Å². The van der Waals surface area contributed by atoms with Gasteiger partial charge in [0, 0.05) is 0 Å². The molecule has 0 spiro atoms. The average Bonchev–Trinajstić information content (AvgIpc) is 3.13. The molecule has 1 aromatic carbocycles. The van der Waals surface area contributed by atoms with Crippen molar-refractivity contribution in [3.05, 3.63) is 42.7 Å². The lowest BCUT2D eigenvalue weighted by atomic mass is 10.2. The zero-order valence-electron chi connectivity index (χ0n) is 10.6. The molecule has 104 valence electrons. The van der Waals surface area contributed by atoms with Gasteiger partial charge in [-0.05, 0) is 31.9 Å². The fourth-order valence-corrected chi connectivity index (χ4v) is 1.69. The molecule has 1 saturated carbocycles. The molecule has 0 aromatic heterocycles. The second-order valence-electron chi connectivity index (χ2n) is 4.17. The van der Waals surface area contributed by atoms with Gasteiger partial charge in [0.2, 0.25) is 0 Å². The van der Waals surface area contributed by atoms with E-state index < -0.39 is 10.1 Å². The minimum atomic E-state index is -4.02. The van der Waals surface area contributed by atoms with Crippen molar-refractivity contribution < 1.29 is 22.5 Å². The molecule has 0 radical (unpaired) electrons. The van der Waals surface area contributed by atoms with Crippen molar-refractivity contribution in [2.24, 2.45) is 5.92 Å². The lowest BCUT2D eigenvalue weighted by molar-refractivity contribution is -0.139. The first kappa shape index (κ1) is 15.4. The second kappa shape index (κ2) is 6.49. The molecule has 0 bridgehead atoms. The predicted octanol–water partition coefficient (Wildman–Crippen LogP) is 2.32. The summed E-state index contributed by atoms with van der Waals surface area (Å²) < 4.78 is 34.0. The fourth-order valence-electron chi connectivity index (χ4n) is 1.21. The number of carbonyl (C=O) groups excluding carboxylic acids is 1. The third-order valence-corrected chi connectivity index (χ3v) is 3.30. The molecule has 1 N–H and O–H groups in total. The predicted molar refractivity (Wildman–Crippen MR) is 70.0 cm³/mol. The zero-order chi connectivity index (χ0) is 14.5. The first-order chi connectivity index (χ1) is 8.84. The summed E-state index contributed by atoms with van der Waals surface area (Å²) in [5.74, 6) is 0.0630. The molecule has 5 nitrogen and oxygen atoms in total. The Bertz CT molecular complexity index is 541. The summed E-state index contributed by atoms with van der Waals surface area (Å²) in [5.41, 5.74) is 0.956. The molecule has 2 rings (SSSR count). The summed E-state index contributed by atoms with van der Waals surface area (Å²) in [7, 11) is -4.02. The molecular weight excluding hydrogens is 268 g/mol. The highest BCUT2D eigenvalue weighted by Crippen LogP contribution is 2.29. The lowest BCUT2D eigenvalue weighted by Gasteiger charge is -1.95. The largest absolute Gasteiger partial charge is 0.435 e. The SMILES string of the molecule is C=COC(=O)C1CC1.Cc1ccc(S(=O)(=O)O)cc1. The van der Waals surface area contributed by atoms with Gasteiger partial charge >= 0.3 is 5.97 Å². The van der Waals surface area contributed by atoms with Crippen LogP contribution in [0.15, 0.2) is 42.0 Å². The third kappa shape index (κ3) is 5.67. The molecule has 0 unspecified atom stereocenters. The Kier molecular flexibility index (Phi) is 5.26. The molecule has 0 aliphatic heterocycles.